The monoisotopic (exact) mass is 338 g/mol. The Hall–Kier alpha value is -1.65. The summed E-state index contributed by atoms with van der Waals surface area (Å²) in [6, 6.07) is 4.68. The second kappa shape index (κ2) is 7.28. The minimum Gasteiger partial charge on any atom is -0.478 e. The number of cyclic esters (lactones) is 1. The SMILES string of the molecule is CCCNCCC1(C)CN(c2ccc(C(=O)O)cc2P)C(=O)O1. The van der Waals surface area contributed by atoms with E-state index >= 15 is 0 Å². The largest absolute Gasteiger partial charge is 0.478 e. The number of amides is 1. The third-order valence-electron chi connectivity index (χ3n) is 3.87. The van der Waals surface area contributed by atoms with E-state index in [1.54, 1.807) is 11.0 Å². The molecule has 7 heteroatoms. The van der Waals surface area contributed by atoms with Gasteiger partial charge >= 0.3 is 12.1 Å². The van der Waals surface area contributed by atoms with Crippen LogP contribution in [-0.2, 0) is 4.74 Å². The summed E-state index contributed by atoms with van der Waals surface area (Å²) < 4.78 is 5.55. The summed E-state index contributed by atoms with van der Waals surface area (Å²) >= 11 is 0. The van der Waals surface area contributed by atoms with Gasteiger partial charge in [0.1, 0.15) is 5.60 Å². The molecular formula is C16H23N2O4P. The first-order chi connectivity index (χ1) is 10.9. The van der Waals surface area contributed by atoms with Crippen molar-refractivity contribution in [1.82, 2.24) is 5.32 Å². The summed E-state index contributed by atoms with van der Waals surface area (Å²) in [5, 5.41) is 13.0. The van der Waals surface area contributed by atoms with Crippen LogP contribution in [0.2, 0.25) is 0 Å². The molecule has 1 aromatic carbocycles. The summed E-state index contributed by atoms with van der Waals surface area (Å²) in [5.41, 5.74) is 0.313. The number of hydrogen-bond donors (Lipinski definition) is 2. The van der Waals surface area contributed by atoms with Crippen LogP contribution in [0, 0.1) is 0 Å². The number of carboxylic acids is 1. The average Bonchev–Trinajstić information content (AvgIpc) is 2.79. The number of nitrogens with one attached hydrogen (secondary N) is 1. The quantitative estimate of drug-likeness (QED) is 0.587. The van der Waals surface area contributed by atoms with Crippen LogP contribution in [0.25, 0.3) is 0 Å². The second-order valence-electron chi connectivity index (χ2n) is 5.98. The van der Waals surface area contributed by atoms with E-state index in [0.717, 1.165) is 25.9 Å². The van der Waals surface area contributed by atoms with Crippen LogP contribution in [0.4, 0.5) is 10.5 Å². The van der Waals surface area contributed by atoms with E-state index in [1.807, 2.05) is 6.92 Å². The Morgan fingerprint density at radius 2 is 2.22 bits per heavy atom. The summed E-state index contributed by atoms with van der Waals surface area (Å²) in [6.45, 7) is 6.21. The molecule has 0 aliphatic carbocycles. The fourth-order valence-electron chi connectivity index (χ4n) is 2.60. The Bertz CT molecular complexity index is 608. The molecule has 1 aromatic rings. The van der Waals surface area contributed by atoms with Crippen LogP contribution in [0.15, 0.2) is 18.2 Å². The van der Waals surface area contributed by atoms with Crippen molar-refractivity contribution in [2.45, 2.75) is 32.3 Å². The zero-order valence-corrected chi connectivity index (χ0v) is 14.6. The number of anilines is 1. The normalized spacial score (nSPS) is 20.7. The first-order valence-corrected chi connectivity index (χ1v) is 8.28. The standard InChI is InChI=1S/C16H23N2O4P/c1-3-7-17-8-6-16(2)10-18(15(21)22-16)12-5-4-11(14(19)20)9-13(12)23/h4-5,9,17H,3,6-8,10,23H2,1-2H3,(H,19,20). The van der Waals surface area contributed by atoms with Crippen LogP contribution in [0.5, 0.6) is 0 Å². The van der Waals surface area contributed by atoms with Crippen LogP contribution in [0.1, 0.15) is 37.0 Å². The van der Waals surface area contributed by atoms with E-state index < -0.39 is 17.7 Å². The predicted octanol–water partition coefficient (Wildman–Crippen LogP) is 1.99. The van der Waals surface area contributed by atoms with Crippen LogP contribution >= 0.6 is 9.24 Å². The Labute approximate surface area is 138 Å². The van der Waals surface area contributed by atoms with Crippen molar-refractivity contribution in [2.24, 2.45) is 0 Å². The van der Waals surface area contributed by atoms with Gasteiger partial charge in [-0.1, -0.05) is 6.92 Å². The molecular weight excluding hydrogens is 315 g/mol. The fourth-order valence-corrected chi connectivity index (χ4v) is 3.03. The molecule has 6 nitrogen and oxygen atoms in total. The molecule has 0 spiro atoms. The first kappa shape index (κ1) is 17.7. The van der Waals surface area contributed by atoms with Crippen LogP contribution in [-0.4, -0.2) is 42.4 Å². The number of rotatable bonds is 7. The van der Waals surface area contributed by atoms with Gasteiger partial charge in [0.05, 0.1) is 17.8 Å². The number of benzene rings is 1. The third kappa shape index (κ3) is 4.21. The summed E-state index contributed by atoms with van der Waals surface area (Å²) in [4.78, 5) is 24.8. The van der Waals surface area contributed by atoms with Crippen molar-refractivity contribution in [3.8, 4) is 0 Å². The summed E-state index contributed by atoms with van der Waals surface area (Å²) in [5.74, 6) is -0.990. The topological polar surface area (TPSA) is 78.9 Å². The highest BCUT2D eigenvalue weighted by Crippen LogP contribution is 2.30. The highest BCUT2D eigenvalue weighted by Gasteiger charge is 2.42. The first-order valence-electron chi connectivity index (χ1n) is 7.70. The van der Waals surface area contributed by atoms with Gasteiger partial charge in [0.15, 0.2) is 0 Å². The van der Waals surface area contributed by atoms with Crippen molar-refractivity contribution in [1.29, 1.82) is 0 Å². The molecule has 126 valence electrons. The van der Waals surface area contributed by atoms with Crippen LogP contribution in [0.3, 0.4) is 0 Å². The van der Waals surface area contributed by atoms with Gasteiger partial charge in [-0.05, 0) is 49.9 Å². The highest BCUT2D eigenvalue weighted by atomic mass is 31.0. The second-order valence-corrected chi connectivity index (χ2v) is 6.60. The third-order valence-corrected chi connectivity index (χ3v) is 4.33. The Balaban J connectivity index is 2.09. The Kier molecular flexibility index (Phi) is 5.60. The van der Waals surface area contributed by atoms with Crippen molar-refractivity contribution in [3.05, 3.63) is 23.8 Å². The van der Waals surface area contributed by atoms with Gasteiger partial charge in [-0.3, -0.25) is 4.90 Å². The van der Waals surface area contributed by atoms with Gasteiger partial charge in [0.2, 0.25) is 0 Å². The summed E-state index contributed by atoms with van der Waals surface area (Å²) in [6.07, 6.45) is 1.40. The van der Waals surface area contributed by atoms with E-state index in [0.29, 0.717) is 17.5 Å². The van der Waals surface area contributed by atoms with Gasteiger partial charge in [-0.2, -0.15) is 0 Å². The van der Waals surface area contributed by atoms with E-state index in [2.05, 4.69) is 21.5 Å². The van der Waals surface area contributed by atoms with Crippen molar-refractivity contribution in [2.75, 3.05) is 24.5 Å². The molecule has 1 saturated heterocycles. The Morgan fingerprint density at radius 3 is 2.83 bits per heavy atom. The molecule has 1 aliphatic rings. The van der Waals surface area contributed by atoms with E-state index in [9.17, 15) is 9.59 Å². The number of hydrogen-bond acceptors (Lipinski definition) is 4. The van der Waals surface area contributed by atoms with Gasteiger partial charge in [0, 0.05) is 6.42 Å². The molecule has 1 heterocycles. The molecule has 1 amide bonds. The number of carboxylic acid groups (broad SMARTS) is 1. The minimum absolute atomic E-state index is 0.192. The maximum absolute atomic E-state index is 12.2. The maximum Gasteiger partial charge on any atom is 0.415 e. The number of carbonyl (C=O) groups excluding carboxylic acids is 1. The van der Waals surface area contributed by atoms with E-state index in [4.69, 9.17) is 9.84 Å². The van der Waals surface area contributed by atoms with Gasteiger partial charge in [-0.25, -0.2) is 9.59 Å². The molecule has 2 atom stereocenters. The zero-order chi connectivity index (χ0) is 17.0. The molecule has 0 saturated carbocycles. The molecule has 0 radical (unpaired) electrons. The number of aromatic carboxylic acids is 1. The molecule has 0 aromatic heterocycles. The lowest BCUT2D eigenvalue weighted by Crippen LogP contribution is -2.35. The maximum atomic E-state index is 12.2. The fraction of sp³-hybridized carbons (Fsp3) is 0.500. The lowest BCUT2D eigenvalue weighted by Gasteiger charge is -2.22. The Morgan fingerprint density at radius 1 is 1.48 bits per heavy atom. The highest BCUT2D eigenvalue weighted by molar-refractivity contribution is 7.28. The number of ether oxygens (including phenoxy) is 1. The molecule has 1 fully saturated rings. The van der Waals surface area contributed by atoms with Crippen molar-refractivity contribution in [3.63, 3.8) is 0 Å². The molecule has 1 aliphatic heterocycles. The van der Waals surface area contributed by atoms with Gasteiger partial charge < -0.3 is 15.2 Å². The molecule has 2 N–H and O–H groups in total. The molecule has 0 bridgehead atoms. The van der Waals surface area contributed by atoms with Gasteiger partial charge in [0.25, 0.3) is 0 Å². The molecule has 23 heavy (non-hydrogen) atoms. The molecule has 2 unspecified atom stereocenters. The van der Waals surface area contributed by atoms with Crippen molar-refractivity contribution < 1.29 is 19.4 Å². The van der Waals surface area contributed by atoms with Crippen LogP contribution < -0.4 is 15.5 Å². The van der Waals surface area contributed by atoms with Crippen molar-refractivity contribution >= 4 is 32.3 Å². The summed E-state index contributed by atoms with van der Waals surface area (Å²) in [7, 11) is 2.48. The number of nitrogens with zero attached hydrogens (tertiary/aromatic N) is 1. The average molecular weight is 338 g/mol. The van der Waals surface area contributed by atoms with E-state index in [-0.39, 0.29) is 5.56 Å². The smallest absolute Gasteiger partial charge is 0.415 e. The van der Waals surface area contributed by atoms with E-state index in [1.165, 1.54) is 12.1 Å². The minimum atomic E-state index is -0.990. The number of carbonyl (C=O) groups is 2. The zero-order valence-electron chi connectivity index (χ0n) is 13.5. The predicted molar refractivity (Wildman–Crippen MR) is 92.8 cm³/mol. The lowest BCUT2D eigenvalue weighted by molar-refractivity contribution is 0.0652. The lowest BCUT2D eigenvalue weighted by atomic mass is 10.0. The molecule has 2 rings (SSSR count). The van der Waals surface area contributed by atoms with Gasteiger partial charge in [-0.15, -0.1) is 9.24 Å².